The number of nitrogens with zero attached hydrogens (tertiary/aromatic N) is 6. The maximum absolute atomic E-state index is 12.6. The molecule has 9 heteroatoms. The molecule has 2 fully saturated rings. The van der Waals surface area contributed by atoms with Gasteiger partial charge in [-0.3, -0.25) is 14.6 Å². The first kappa shape index (κ1) is 21.6. The van der Waals surface area contributed by atoms with Crippen LogP contribution in [0.5, 0.6) is 0 Å². The number of carbonyl (C=O) groups is 2. The normalized spacial score (nSPS) is 18.8. The van der Waals surface area contributed by atoms with Crippen LogP contribution in [-0.4, -0.2) is 113 Å². The molecule has 9 nitrogen and oxygen atoms in total. The molecule has 0 N–H and O–H groups in total. The van der Waals surface area contributed by atoms with Gasteiger partial charge in [0.1, 0.15) is 5.82 Å². The number of amides is 2. The molecule has 1 aromatic rings. The predicted molar refractivity (Wildman–Crippen MR) is 110 cm³/mol. The van der Waals surface area contributed by atoms with Crippen LogP contribution in [0.3, 0.4) is 0 Å². The van der Waals surface area contributed by atoms with Crippen LogP contribution in [0, 0.1) is 0 Å². The quantitative estimate of drug-likeness (QED) is 0.651. The molecule has 2 aliphatic heterocycles. The van der Waals surface area contributed by atoms with Crippen molar-refractivity contribution in [3.63, 3.8) is 0 Å². The third-order valence-electron chi connectivity index (χ3n) is 5.76. The Morgan fingerprint density at radius 3 is 2.24 bits per heavy atom. The first-order chi connectivity index (χ1) is 14.1. The molecule has 0 bridgehead atoms. The Morgan fingerprint density at radius 2 is 1.59 bits per heavy atom. The average Bonchev–Trinajstić information content (AvgIpc) is 3.21. The predicted octanol–water partition coefficient (Wildman–Crippen LogP) is 0.364. The summed E-state index contributed by atoms with van der Waals surface area (Å²) in [5, 5.41) is 0. The minimum atomic E-state index is -0.280. The summed E-state index contributed by atoms with van der Waals surface area (Å²) in [7, 11) is 0. The first-order valence-electron chi connectivity index (χ1n) is 10.7. The van der Waals surface area contributed by atoms with Crippen LogP contribution in [0.1, 0.15) is 19.7 Å². The van der Waals surface area contributed by atoms with Crippen LogP contribution >= 0.6 is 0 Å². The fourth-order valence-corrected chi connectivity index (χ4v) is 3.92. The van der Waals surface area contributed by atoms with Crippen LogP contribution < -0.4 is 0 Å². The highest BCUT2D eigenvalue weighted by Gasteiger charge is 2.26. The van der Waals surface area contributed by atoms with Gasteiger partial charge in [0, 0.05) is 84.3 Å². The minimum absolute atomic E-state index is 0.160. The smallest absolute Gasteiger partial charge is 0.409 e. The van der Waals surface area contributed by atoms with Gasteiger partial charge in [0.2, 0.25) is 5.91 Å². The molecule has 0 saturated carbocycles. The standard InChI is InChI=1S/C20H34N6O3/c1-3-18-21-5-6-24(18)12-11-22-7-9-23(10-8-22)17-19(27)25-13-15-26(16-14-25)20(28)29-4-2/h5-6H,3-4,7-17H2,1-2H3. The molecule has 2 saturated heterocycles. The fourth-order valence-electron chi connectivity index (χ4n) is 3.92. The number of piperazine rings is 2. The van der Waals surface area contributed by atoms with E-state index in [1.54, 1.807) is 11.8 Å². The van der Waals surface area contributed by atoms with Crippen LogP contribution in [-0.2, 0) is 22.5 Å². The van der Waals surface area contributed by atoms with Crippen molar-refractivity contribution in [1.29, 1.82) is 0 Å². The Bertz CT molecular complexity index is 663. The van der Waals surface area contributed by atoms with Crippen molar-refractivity contribution in [2.75, 3.05) is 72.1 Å². The van der Waals surface area contributed by atoms with Crippen LogP contribution in [0.15, 0.2) is 12.4 Å². The number of aromatic nitrogens is 2. The van der Waals surface area contributed by atoms with Crippen LogP contribution in [0.2, 0.25) is 0 Å². The molecule has 0 aliphatic carbocycles. The van der Waals surface area contributed by atoms with E-state index in [1.165, 1.54) is 0 Å². The van der Waals surface area contributed by atoms with E-state index in [1.807, 2.05) is 11.1 Å². The lowest BCUT2D eigenvalue weighted by atomic mass is 10.2. The maximum Gasteiger partial charge on any atom is 0.409 e. The molecule has 0 aromatic carbocycles. The van der Waals surface area contributed by atoms with Crippen LogP contribution in [0.4, 0.5) is 4.79 Å². The van der Waals surface area contributed by atoms with Crippen molar-refractivity contribution in [1.82, 2.24) is 29.2 Å². The zero-order chi connectivity index (χ0) is 20.6. The molecule has 0 atom stereocenters. The van der Waals surface area contributed by atoms with Crippen molar-refractivity contribution >= 4 is 12.0 Å². The molecule has 0 radical (unpaired) electrons. The minimum Gasteiger partial charge on any atom is -0.450 e. The largest absolute Gasteiger partial charge is 0.450 e. The monoisotopic (exact) mass is 406 g/mol. The van der Waals surface area contributed by atoms with E-state index in [2.05, 4.69) is 32.5 Å². The SMILES string of the molecule is CCOC(=O)N1CCN(C(=O)CN2CCN(CCn3ccnc3CC)CC2)CC1. The van der Waals surface area contributed by atoms with Gasteiger partial charge in [-0.05, 0) is 6.92 Å². The molecular formula is C20H34N6O3. The van der Waals surface area contributed by atoms with E-state index in [0.29, 0.717) is 39.3 Å². The fraction of sp³-hybridized carbons (Fsp3) is 0.750. The summed E-state index contributed by atoms with van der Waals surface area (Å²) in [6.45, 7) is 12.8. The van der Waals surface area contributed by atoms with E-state index in [9.17, 15) is 9.59 Å². The van der Waals surface area contributed by atoms with Crippen molar-refractivity contribution < 1.29 is 14.3 Å². The Balaban J connectivity index is 1.34. The van der Waals surface area contributed by atoms with E-state index in [4.69, 9.17) is 4.74 Å². The topological polar surface area (TPSA) is 74.2 Å². The Labute approximate surface area is 173 Å². The number of hydrogen-bond donors (Lipinski definition) is 0. The Hall–Kier alpha value is -2.13. The first-order valence-corrected chi connectivity index (χ1v) is 10.7. The summed E-state index contributed by atoms with van der Waals surface area (Å²) in [5.74, 6) is 1.30. The van der Waals surface area contributed by atoms with E-state index in [-0.39, 0.29) is 12.0 Å². The highest BCUT2D eigenvalue weighted by atomic mass is 16.6. The van der Waals surface area contributed by atoms with Gasteiger partial charge >= 0.3 is 6.09 Å². The Kier molecular flexibility index (Phi) is 7.88. The number of carbonyl (C=O) groups excluding carboxylic acids is 2. The lowest BCUT2D eigenvalue weighted by Crippen LogP contribution is -2.54. The van der Waals surface area contributed by atoms with E-state index >= 15 is 0 Å². The second-order valence-corrected chi connectivity index (χ2v) is 7.57. The van der Waals surface area contributed by atoms with Gasteiger partial charge < -0.3 is 19.1 Å². The maximum atomic E-state index is 12.6. The van der Waals surface area contributed by atoms with E-state index < -0.39 is 0 Å². The van der Waals surface area contributed by atoms with Crippen LogP contribution in [0.25, 0.3) is 0 Å². The van der Waals surface area contributed by atoms with Crippen molar-refractivity contribution in [3.8, 4) is 0 Å². The molecular weight excluding hydrogens is 372 g/mol. The summed E-state index contributed by atoms with van der Waals surface area (Å²) < 4.78 is 7.26. The Morgan fingerprint density at radius 1 is 0.931 bits per heavy atom. The lowest BCUT2D eigenvalue weighted by molar-refractivity contribution is -0.134. The average molecular weight is 407 g/mol. The zero-order valence-corrected chi connectivity index (χ0v) is 17.8. The number of ether oxygens (including phenoxy) is 1. The molecule has 0 unspecified atom stereocenters. The van der Waals surface area contributed by atoms with Gasteiger partial charge in [-0.1, -0.05) is 6.92 Å². The molecule has 3 rings (SSSR count). The molecule has 0 spiro atoms. The van der Waals surface area contributed by atoms with Gasteiger partial charge in [0.05, 0.1) is 13.2 Å². The highest BCUT2D eigenvalue weighted by Crippen LogP contribution is 2.08. The third kappa shape index (κ3) is 5.93. The van der Waals surface area contributed by atoms with E-state index in [0.717, 1.165) is 51.5 Å². The molecule has 2 amide bonds. The van der Waals surface area contributed by atoms with Gasteiger partial charge in [0.15, 0.2) is 0 Å². The molecule has 162 valence electrons. The third-order valence-corrected chi connectivity index (χ3v) is 5.76. The summed E-state index contributed by atoms with van der Waals surface area (Å²) in [6.07, 6.45) is 4.60. The molecule has 29 heavy (non-hydrogen) atoms. The zero-order valence-electron chi connectivity index (χ0n) is 17.8. The van der Waals surface area contributed by atoms with Crippen molar-refractivity contribution in [3.05, 3.63) is 18.2 Å². The number of imidazole rings is 1. The summed E-state index contributed by atoms with van der Waals surface area (Å²) in [4.78, 5) is 37.0. The van der Waals surface area contributed by atoms with Gasteiger partial charge in [-0.15, -0.1) is 0 Å². The second-order valence-electron chi connectivity index (χ2n) is 7.57. The summed E-state index contributed by atoms with van der Waals surface area (Å²) in [6, 6.07) is 0. The lowest BCUT2D eigenvalue weighted by Gasteiger charge is -2.37. The van der Waals surface area contributed by atoms with Gasteiger partial charge in [-0.2, -0.15) is 0 Å². The highest BCUT2D eigenvalue weighted by molar-refractivity contribution is 5.78. The van der Waals surface area contributed by atoms with Gasteiger partial charge in [0.25, 0.3) is 0 Å². The molecule has 1 aromatic heterocycles. The van der Waals surface area contributed by atoms with Crippen molar-refractivity contribution in [2.24, 2.45) is 0 Å². The number of hydrogen-bond acceptors (Lipinski definition) is 6. The molecule has 2 aliphatic rings. The summed E-state index contributed by atoms with van der Waals surface area (Å²) >= 11 is 0. The second kappa shape index (κ2) is 10.6. The number of aryl methyl sites for hydroxylation is 1. The van der Waals surface area contributed by atoms with Gasteiger partial charge in [-0.25, -0.2) is 9.78 Å². The van der Waals surface area contributed by atoms with Crippen molar-refractivity contribution in [2.45, 2.75) is 26.8 Å². The molecule has 3 heterocycles. The number of rotatable bonds is 7. The summed E-state index contributed by atoms with van der Waals surface area (Å²) in [5.41, 5.74) is 0.